The number of aryl methyl sites for hydroxylation is 1. The molecule has 5 nitrogen and oxygen atoms in total. The van der Waals surface area contributed by atoms with E-state index in [9.17, 15) is 8.42 Å². The summed E-state index contributed by atoms with van der Waals surface area (Å²) >= 11 is 0. The third-order valence-corrected chi connectivity index (χ3v) is 6.41. The van der Waals surface area contributed by atoms with Crippen LogP contribution in [-0.4, -0.2) is 30.8 Å². The van der Waals surface area contributed by atoms with E-state index in [0.717, 1.165) is 24.6 Å². The molecule has 0 unspecified atom stereocenters. The Morgan fingerprint density at radius 3 is 2.55 bits per heavy atom. The van der Waals surface area contributed by atoms with Crippen LogP contribution in [0.15, 0.2) is 84.2 Å². The molecule has 0 amide bonds. The van der Waals surface area contributed by atoms with Crippen molar-refractivity contribution in [2.24, 2.45) is 5.73 Å². The second kappa shape index (κ2) is 11.0. The van der Waals surface area contributed by atoms with E-state index in [4.69, 9.17) is 5.73 Å². The fourth-order valence-electron chi connectivity index (χ4n) is 3.14. The maximum Gasteiger partial charge on any atom is 0.264 e. The monoisotopic (exact) mass is 431 g/mol. The molecular weight excluding hydrogens is 406 g/mol. The molecule has 0 radical (unpaired) electrons. The van der Waals surface area contributed by atoms with Crippen LogP contribution in [0.25, 0.3) is 10.8 Å². The average Bonchev–Trinajstić information content (AvgIpc) is 2.73. The number of nitrogens with zero attached hydrogens (tertiary/aromatic N) is 2. The third kappa shape index (κ3) is 5.79. The minimum atomic E-state index is -3.68. The molecule has 3 rings (SSSR count). The summed E-state index contributed by atoms with van der Waals surface area (Å²) in [5.41, 5.74) is 6.82. The highest BCUT2D eigenvalue weighted by atomic mass is 35.5. The Kier molecular flexibility index (Phi) is 8.64. The summed E-state index contributed by atoms with van der Waals surface area (Å²) in [6.07, 6.45) is 9.13. The second-order valence-corrected chi connectivity index (χ2v) is 8.39. The number of unbranched alkanes of at least 4 members (excludes halogenated alkanes) is 1. The first-order valence-electron chi connectivity index (χ1n) is 9.38. The quantitative estimate of drug-likeness (QED) is 0.516. The number of rotatable bonds is 9. The van der Waals surface area contributed by atoms with Gasteiger partial charge in [-0.05, 0) is 37.0 Å². The zero-order chi connectivity index (χ0) is 19.8. The van der Waals surface area contributed by atoms with E-state index in [-0.39, 0.29) is 23.8 Å². The van der Waals surface area contributed by atoms with E-state index in [1.54, 1.807) is 42.9 Å². The van der Waals surface area contributed by atoms with Crippen molar-refractivity contribution in [2.75, 3.05) is 13.1 Å². The molecule has 2 aromatic carbocycles. The number of sulfonamides is 1. The highest BCUT2D eigenvalue weighted by molar-refractivity contribution is 7.89. The van der Waals surface area contributed by atoms with E-state index in [2.05, 4.69) is 17.1 Å². The van der Waals surface area contributed by atoms with Gasteiger partial charge in [0.2, 0.25) is 0 Å². The van der Waals surface area contributed by atoms with Crippen LogP contribution in [0.3, 0.4) is 0 Å². The molecule has 0 aliphatic carbocycles. The van der Waals surface area contributed by atoms with Crippen LogP contribution < -0.4 is 5.73 Å². The molecule has 3 aromatic rings. The second-order valence-electron chi connectivity index (χ2n) is 6.53. The fraction of sp³-hybridized carbons (Fsp3) is 0.227. The molecule has 7 heteroatoms. The normalized spacial score (nSPS) is 11.5. The number of pyridine rings is 1. The van der Waals surface area contributed by atoms with Gasteiger partial charge in [-0.15, -0.1) is 12.4 Å². The maximum atomic E-state index is 13.3. The molecule has 1 aromatic heterocycles. The topological polar surface area (TPSA) is 76.3 Å². The number of hydrogen-bond donors (Lipinski definition) is 1. The molecule has 0 aliphatic heterocycles. The lowest BCUT2D eigenvalue weighted by Gasteiger charge is -2.21. The van der Waals surface area contributed by atoms with Crippen molar-refractivity contribution >= 4 is 33.2 Å². The van der Waals surface area contributed by atoms with Crippen molar-refractivity contribution in [1.82, 2.24) is 9.29 Å². The van der Waals surface area contributed by atoms with Gasteiger partial charge in [0.1, 0.15) is 0 Å². The van der Waals surface area contributed by atoms with Gasteiger partial charge >= 0.3 is 0 Å². The summed E-state index contributed by atoms with van der Waals surface area (Å²) in [5, 5.41) is 1.48. The van der Waals surface area contributed by atoms with Gasteiger partial charge in [-0.2, -0.15) is 0 Å². The van der Waals surface area contributed by atoms with Gasteiger partial charge in [-0.3, -0.25) is 9.29 Å². The first-order valence-corrected chi connectivity index (χ1v) is 10.8. The van der Waals surface area contributed by atoms with Crippen molar-refractivity contribution in [2.45, 2.75) is 24.2 Å². The number of halogens is 1. The van der Waals surface area contributed by atoms with Gasteiger partial charge in [0.15, 0.2) is 0 Å². The van der Waals surface area contributed by atoms with Gasteiger partial charge in [0.05, 0.1) is 4.90 Å². The minimum Gasteiger partial charge on any atom is -0.327 e. The number of nitrogens with two attached hydrogens (primary N) is 1. The van der Waals surface area contributed by atoms with Gasteiger partial charge < -0.3 is 5.73 Å². The van der Waals surface area contributed by atoms with E-state index >= 15 is 0 Å². The molecule has 0 fully saturated rings. The molecule has 0 saturated heterocycles. The molecular formula is C22H26ClN3O2S. The number of benzene rings is 2. The molecule has 0 aliphatic rings. The predicted octanol–water partition coefficient (Wildman–Crippen LogP) is 4.14. The molecule has 154 valence electrons. The largest absolute Gasteiger partial charge is 0.327 e. The lowest BCUT2D eigenvalue weighted by molar-refractivity contribution is 0.483. The molecule has 0 saturated carbocycles. The molecule has 1 heterocycles. The molecule has 0 spiro atoms. The summed E-state index contributed by atoms with van der Waals surface area (Å²) in [7, 11) is -3.68. The first kappa shape index (κ1) is 22.9. The van der Waals surface area contributed by atoms with E-state index in [1.165, 1.54) is 9.87 Å². The Balaban J connectivity index is 0.00000300. The Bertz CT molecular complexity index is 1030. The van der Waals surface area contributed by atoms with Crippen molar-refractivity contribution < 1.29 is 8.42 Å². The van der Waals surface area contributed by atoms with Gasteiger partial charge in [0.25, 0.3) is 10.0 Å². The molecule has 2 N–H and O–H groups in total. The maximum absolute atomic E-state index is 13.3. The lowest BCUT2D eigenvalue weighted by Crippen LogP contribution is -2.27. The van der Waals surface area contributed by atoms with Gasteiger partial charge in [-0.1, -0.05) is 48.5 Å². The smallest absolute Gasteiger partial charge is 0.264 e. The summed E-state index contributed by atoms with van der Waals surface area (Å²) in [6.45, 7) is 0.697. The SMILES string of the molecule is Cl.NCC=CN(CCCCc1ccccc1)S(=O)(=O)c1cccc2cnccc12. The Morgan fingerprint density at radius 2 is 1.79 bits per heavy atom. The molecule has 0 atom stereocenters. The van der Waals surface area contributed by atoms with Crippen LogP contribution in [-0.2, 0) is 16.4 Å². The van der Waals surface area contributed by atoms with Crippen LogP contribution in [0.5, 0.6) is 0 Å². The number of hydrogen-bond acceptors (Lipinski definition) is 4. The lowest BCUT2D eigenvalue weighted by atomic mass is 10.1. The van der Waals surface area contributed by atoms with Crippen LogP contribution in [0.4, 0.5) is 0 Å². The van der Waals surface area contributed by atoms with Crippen molar-refractivity contribution in [1.29, 1.82) is 0 Å². The Hall–Kier alpha value is -2.41. The third-order valence-electron chi connectivity index (χ3n) is 4.57. The number of fused-ring (bicyclic) bond motifs is 1. The van der Waals surface area contributed by atoms with Crippen molar-refractivity contribution in [3.05, 3.63) is 84.8 Å². The zero-order valence-electron chi connectivity index (χ0n) is 16.1. The summed E-state index contributed by atoms with van der Waals surface area (Å²) in [6, 6.07) is 17.2. The molecule has 0 bridgehead atoms. The summed E-state index contributed by atoms with van der Waals surface area (Å²) in [4.78, 5) is 4.37. The highest BCUT2D eigenvalue weighted by Crippen LogP contribution is 2.25. The van der Waals surface area contributed by atoms with E-state index in [0.29, 0.717) is 11.9 Å². The Labute approximate surface area is 178 Å². The fourth-order valence-corrected chi connectivity index (χ4v) is 4.72. The summed E-state index contributed by atoms with van der Waals surface area (Å²) in [5.74, 6) is 0. The molecule has 29 heavy (non-hydrogen) atoms. The van der Waals surface area contributed by atoms with Crippen molar-refractivity contribution in [3.8, 4) is 0 Å². The van der Waals surface area contributed by atoms with Crippen LogP contribution in [0.2, 0.25) is 0 Å². The standard InChI is InChI=1S/C22H25N3O2S.ClH/c23-14-7-17-25(16-5-4-10-19-8-2-1-3-9-19)28(26,27)22-12-6-11-20-18-24-15-13-21(20)22;/h1-3,6-9,11-13,15,17-18H,4-5,10,14,16,23H2;1H. The number of aromatic nitrogens is 1. The van der Waals surface area contributed by atoms with Crippen LogP contribution in [0, 0.1) is 0 Å². The predicted molar refractivity (Wildman–Crippen MR) is 120 cm³/mol. The van der Waals surface area contributed by atoms with Gasteiger partial charge in [-0.25, -0.2) is 8.42 Å². The van der Waals surface area contributed by atoms with Crippen molar-refractivity contribution in [3.63, 3.8) is 0 Å². The highest BCUT2D eigenvalue weighted by Gasteiger charge is 2.23. The summed E-state index contributed by atoms with van der Waals surface area (Å²) < 4.78 is 28.1. The van der Waals surface area contributed by atoms with Gasteiger partial charge in [0, 0.05) is 42.5 Å². The Morgan fingerprint density at radius 1 is 1.00 bits per heavy atom. The minimum absolute atomic E-state index is 0. The van der Waals surface area contributed by atoms with E-state index in [1.807, 2.05) is 24.3 Å². The average molecular weight is 432 g/mol. The van der Waals surface area contributed by atoms with E-state index < -0.39 is 10.0 Å². The first-order chi connectivity index (χ1) is 13.6. The van der Waals surface area contributed by atoms with Crippen LogP contribution in [0.1, 0.15) is 18.4 Å². The van der Waals surface area contributed by atoms with Crippen LogP contribution >= 0.6 is 12.4 Å². The zero-order valence-corrected chi connectivity index (χ0v) is 17.8.